The van der Waals surface area contributed by atoms with Gasteiger partial charge < -0.3 is 15.4 Å². The Labute approximate surface area is 170 Å². The Kier molecular flexibility index (Phi) is 6.94. The molecule has 0 aliphatic carbocycles. The fraction of sp³-hybridized carbons (Fsp3) is 0.412. The quantitative estimate of drug-likeness (QED) is 0.700. The van der Waals surface area contributed by atoms with E-state index >= 15 is 0 Å². The number of aromatic nitrogens is 5. The van der Waals surface area contributed by atoms with Gasteiger partial charge in [0.25, 0.3) is 0 Å². The molecule has 10 heteroatoms. The van der Waals surface area contributed by atoms with Crippen LogP contribution in [0.1, 0.15) is 5.69 Å². The first-order valence-corrected chi connectivity index (χ1v) is 8.36. The summed E-state index contributed by atoms with van der Waals surface area (Å²) in [6, 6.07) is 5.73. The summed E-state index contributed by atoms with van der Waals surface area (Å²) >= 11 is 0. The van der Waals surface area contributed by atoms with Gasteiger partial charge in [0.1, 0.15) is 11.5 Å². The number of hydrogen-bond donors (Lipinski definition) is 1. The molecule has 3 aromatic rings. The molecular weight excluding hydrogens is 389 g/mol. The molecule has 8 nitrogen and oxygen atoms in total. The number of nitrogens with two attached hydrogens (primary N) is 1. The highest BCUT2D eigenvalue weighted by molar-refractivity contribution is 5.91. The molecule has 1 unspecified atom stereocenters. The van der Waals surface area contributed by atoms with Crippen LogP contribution in [-0.2, 0) is 11.8 Å². The molecule has 146 valence electrons. The predicted octanol–water partition coefficient (Wildman–Crippen LogP) is 1.74. The van der Waals surface area contributed by atoms with Gasteiger partial charge in [0.2, 0.25) is 0 Å². The molecule has 0 bridgehead atoms. The maximum absolute atomic E-state index is 5.80. The first-order valence-electron chi connectivity index (χ1n) is 8.36. The lowest BCUT2D eigenvalue weighted by molar-refractivity contribution is 0.0464. The summed E-state index contributed by atoms with van der Waals surface area (Å²) in [5.74, 6) is 1.47. The van der Waals surface area contributed by atoms with Crippen LogP contribution in [0.5, 0.6) is 0 Å². The van der Waals surface area contributed by atoms with Crippen molar-refractivity contribution >= 4 is 41.7 Å². The molecule has 0 aromatic carbocycles. The molecule has 1 atom stereocenters. The normalized spacial score (nSPS) is 16.7. The number of hydrogen-bond acceptors (Lipinski definition) is 7. The van der Waals surface area contributed by atoms with Crippen molar-refractivity contribution in [3.63, 3.8) is 0 Å². The van der Waals surface area contributed by atoms with Gasteiger partial charge in [-0.1, -0.05) is 6.07 Å². The van der Waals surface area contributed by atoms with E-state index < -0.39 is 0 Å². The van der Waals surface area contributed by atoms with Crippen molar-refractivity contribution < 1.29 is 4.74 Å². The summed E-state index contributed by atoms with van der Waals surface area (Å²) in [6.45, 7) is 4.57. The van der Waals surface area contributed by atoms with Crippen molar-refractivity contribution in [2.75, 3.05) is 31.1 Å². The molecule has 4 heterocycles. The monoisotopic (exact) mass is 411 g/mol. The van der Waals surface area contributed by atoms with E-state index in [1.165, 1.54) is 0 Å². The maximum atomic E-state index is 5.80. The van der Waals surface area contributed by atoms with Gasteiger partial charge >= 0.3 is 0 Å². The second-order valence-corrected chi connectivity index (χ2v) is 6.17. The summed E-state index contributed by atoms with van der Waals surface area (Å²) in [4.78, 5) is 16.2. The Hall–Kier alpha value is -2.00. The number of ether oxygens (including phenoxy) is 1. The predicted molar refractivity (Wildman–Crippen MR) is 110 cm³/mol. The van der Waals surface area contributed by atoms with E-state index in [1.807, 2.05) is 32.2 Å². The number of nitrogens with zero attached hydrogens (tertiary/aromatic N) is 6. The van der Waals surface area contributed by atoms with Crippen molar-refractivity contribution in [2.45, 2.75) is 13.0 Å². The average Bonchev–Trinajstić information content (AvgIpc) is 2.96. The third-order valence-corrected chi connectivity index (χ3v) is 4.43. The van der Waals surface area contributed by atoms with Crippen LogP contribution >= 0.6 is 24.8 Å². The van der Waals surface area contributed by atoms with E-state index in [9.17, 15) is 0 Å². The van der Waals surface area contributed by atoms with Gasteiger partial charge in [-0.3, -0.25) is 9.67 Å². The topological polar surface area (TPSA) is 95.0 Å². The number of fused-ring (bicyclic) bond motifs is 1. The summed E-state index contributed by atoms with van der Waals surface area (Å²) in [5.41, 5.74) is 8.26. The van der Waals surface area contributed by atoms with Crippen molar-refractivity contribution in [1.29, 1.82) is 0 Å². The van der Waals surface area contributed by atoms with E-state index in [1.54, 1.807) is 10.9 Å². The van der Waals surface area contributed by atoms with Crippen LogP contribution in [0.25, 0.3) is 22.6 Å². The highest BCUT2D eigenvalue weighted by Crippen LogP contribution is 2.30. The van der Waals surface area contributed by atoms with Crippen molar-refractivity contribution in [2.24, 2.45) is 12.8 Å². The highest BCUT2D eigenvalue weighted by atomic mass is 35.5. The minimum absolute atomic E-state index is 0. The minimum Gasteiger partial charge on any atom is -0.373 e. The number of halogens is 2. The summed E-state index contributed by atoms with van der Waals surface area (Å²) in [5, 5.41) is 5.50. The third-order valence-electron chi connectivity index (χ3n) is 4.43. The zero-order valence-corrected chi connectivity index (χ0v) is 16.8. The Bertz CT molecular complexity index is 903. The van der Waals surface area contributed by atoms with Gasteiger partial charge in [-0.05, 0) is 19.1 Å². The van der Waals surface area contributed by atoms with Crippen molar-refractivity contribution in [3.05, 3.63) is 30.1 Å². The second-order valence-electron chi connectivity index (χ2n) is 6.17. The number of anilines is 1. The Balaban J connectivity index is 0.00000131. The maximum Gasteiger partial charge on any atom is 0.182 e. The van der Waals surface area contributed by atoms with Crippen LogP contribution in [0, 0.1) is 6.92 Å². The van der Waals surface area contributed by atoms with Gasteiger partial charge in [-0.25, -0.2) is 9.97 Å². The van der Waals surface area contributed by atoms with E-state index in [2.05, 4.69) is 15.0 Å². The van der Waals surface area contributed by atoms with Gasteiger partial charge in [0.15, 0.2) is 11.5 Å². The largest absolute Gasteiger partial charge is 0.373 e. The first-order chi connectivity index (χ1) is 12.2. The van der Waals surface area contributed by atoms with E-state index in [0.29, 0.717) is 25.5 Å². The van der Waals surface area contributed by atoms with E-state index in [0.717, 1.165) is 34.8 Å². The number of aryl methyl sites for hydroxylation is 2. The number of morpholine rings is 1. The van der Waals surface area contributed by atoms with Gasteiger partial charge in [0, 0.05) is 32.9 Å². The SMILES string of the molecule is Cc1nn(C)c2nc(-c3ccccn3)nc(N3CCOC(CN)C3)c12.Cl.Cl. The van der Waals surface area contributed by atoms with E-state index in [4.69, 9.17) is 20.4 Å². The molecule has 1 saturated heterocycles. The minimum atomic E-state index is 0. The molecule has 0 saturated carbocycles. The van der Waals surface area contributed by atoms with Gasteiger partial charge in [-0.15, -0.1) is 24.8 Å². The summed E-state index contributed by atoms with van der Waals surface area (Å²) in [7, 11) is 1.90. The molecule has 0 spiro atoms. The Morgan fingerprint density at radius 2 is 2.07 bits per heavy atom. The summed E-state index contributed by atoms with van der Waals surface area (Å²) in [6.07, 6.45) is 1.75. The molecule has 4 rings (SSSR count). The second kappa shape index (κ2) is 8.79. The lowest BCUT2D eigenvalue weighted by atomic mass is 10.2. The molecule has 27 heavy (non-hydrogen) atoms. The number of rotatable bonds is 3. The van der Waals surface area contributed by atoms with Crippen LogP contribution in [0.4, 0.5) is 5.82 Å². The van der Waals surface area contributed by atoms with Crippen molar-refractivity contribution in [3.8, 4) is 11.5 Å². The van der Waals surface area contributed by atoms with Crippen molar-refractivity contribution in [1.82, 2.24) is 24.7 Å². The average molecular weight is 412 g/mol. The fourth-order valence-corrected chi connectivity index (χ4v) is 3.21. The molecule has 0 amide bonds. The molecule has 0 radical (unpaired) electrons. The molecule has 1 fully saturated rings. The smallest absolute Gasteiger partial charge is 0.182 e. The Morgan fingerprint density at radius 3 is 2.78 bits per heavy atom. The van der Waals surface area contributed by atoms with Crippen LogP contribution in [0.3, 0.4) is 0 Å². The molecular formula is C17H23Cl2N7O. The van der Waals surface area contributed by atoms with Crippen LogP contribution < -0.4 is 10.6 Å². The summed E-state index contributed by atoms with van der Waals surface area (Å²) < 4.78 is 7.49. The third kappa shape index (κ3) is 3.98. The van der Waals surface area contributed by atoms with Crippen LogP contribution in [-0.4, -0.2) is 57.1 Å². The standard InChI is InChI=1S/C17H21N7O.2ClH/c1-11-14-16(23(2)22-11)20-15(13-5-3-4-6-19-13)21-17(14)24-7-8-25-12(9-18)10-24;;/h3-6,12H,7-10,18H2,1-2H3;2*1H. The fourth-order valence-electron chi connectivity index (χ4n) is 3.21. The van der Waals surface area contributed by atoms with Gasteiger partial charge in [-0.2, -0.15) is 5.10 Å². The van der Waals surface area contributed by atoms with E-state index in [-0.39, 0.29) is 30.9 Å². The van der Waals surface area contributed by atoms with Crippen LogP contribution in [0.15, 0.2) is 24.4 Å². The Morgan fingerprint density at radius 1 is 1.26 bits per heavy atom. The molecule has 1 aliphatic heterocycles. The zero-order chi connectivity index (χ0) is 17.4. The first kappa shape index (κ1) is 21.3. The lowest BCUT2D eigenvalue weighted by Gasteiger charge is -2.33. The van der Waals surface area contributed by atoms with Crippen LogP contribution in [0.2, 0.25) is 0 Å². The number of pyridine rings is 1. The molecule has 3 aromatic heterocycles. The lowest BCUT2D eigenvalue weighted by Crippen LogP contribution is -2.46. The molecule has 1 aliphatic rings. The zero-order valence-electron chi connectivity index (χ0n) is 15.2. The molecule has 2 N–H and O–H groups in total. The highest BCUT2D eigenvalue weighted by Gasteiger charge is 2.25. The van der Waals surface area contributed by atoms with Gasteiger partial charge in [0.05, 0.1) is 23.8 Å².